The van der Waals surface area contributed by atoms with Crippen molar-refractivity contribution in [2.24, 2.45) is 29.6 Å². The molecular weight excluding hydrogens is 358 g/mol. The first-order chi connectivity index (χ1) is 14.2. The number of dihydropyridines is 1. The molecule has 0 radical (unpaired) electrons. The van der Waals surface area contributed by atoms with Gasteiger partial charge in [-0.1, -0.05) is 67.8 Å². The highest BCUT2D eigenvalue weighted by Gasteiger charge is 2.53. The van der Waals surface area contributed by atoms with E-state index in [9.17, 15) is 4.79 Å². The quantitative estimate of drug-likeness (QED) is 0.710. The minimum atomic E-state index is 0.0373. The second-order valence-electron chi connectivity index (χ2n) is 9.25. The molecule has 1 N–H and O–H groups in total. The summed E-state index contributed by atoms with van der Waals surface area (Å²) in [5, 5.41) is 3.65. The van der Waals surface area contributed by atoms with Crippen molar-refractivity contribution in [1.82, 2.24) is 5.32 Å². The Hall–Kier alpha value is -2.29. The van der Waals surface area contributed by atoms with Gasteiger partial charge >= 0.3 is 5.97 Å². The lowest BCUT2D eigenvalue weighted by Gasteiger charge is -2.45. The number of carbonyl (C=O) groups is 1. The van der Waals surface area contributed by atoms with E-state index in [1.54, 1.807) is 0 Å². The second kappa shape index (κ2) is 7.85. The molecule has 152 valence electrons. The van der Waals surface area contributed by atoms with Gasteiger partial charge in [0.05, 0.1) is 12.0 Å². The van der Waals surface area contributed by atoms with Crippen LogP contribution in [0.3, 0.4) is 0 Å². The minimum absolute atomic E-state index is 0.0373. The first-order valence-corrected chi connectivity index (χ1v) is 11.3. The van der Waals surface area contributed by atoms with Crippen LogP contribution in [0.5, 0.6) is 0 Å². The molecule has 2 aliphatic heterocycles. The largest absolute Gasteiger partial charge is 0.462 e. The Balaban J connectivity index is 1.37. The van der Waals surface area contributed by atoms with E-state index >= 15 is 0 Å². The molecule has 5 rings (SSSR count). The van der Waals surface area contributed by atoms with Gasteiger partial charge in [-0.05, 0) is 55.2 Å². The number of ether oxygens (including phenoxy) is 1. The van der Waals surface area contributed by atoms with Crippen LogP contribution in [0.25, 0.3) is 0 Å². The molecule has 2 heterocycles. The molecule has 7 atom stereocenters. The Morgan fingerprint density at radius 3 is 2.83 bits per heavy atom. The second-order valence-corrected chi connectivity index (χ2v) is 9.25. The molecule has 3 fully saturated rings. The topological polar surface area (TPSA) is 38.3 Å². The smallest absolute Gasteiger partial charge is 0.309 e. The minimum Gasteiger partial charge on any atom is -0.462 e. The molecule has 0 amide bonds. The summed E-state index contributed by atoms with van der Waals surface area (Å²) in [5.41, 5.74) is 2.42. The SMILES string of the molecule is C[C@@H]1OC(=O)[C@H]2CC3CCCC[C@@H]3[C@@H](/C=C/C3=CC=CC(c4ccccc4)N3)C12. The van der Waals surface area contributed by atoms with Crippen molar-refractivity contribution in [3.05, 3.63) is 72.0 Å². The van der Waals surface area contributed by atoms with E-state index in [-0.39, 0.29) is 24.0 Å². The van der Waals surface area contributed by atoms with E-state index in [2.05, 4.69) is 73.0 Å². The molecule has 1 aromatic carbocycles. The molecular formula is C26H31NO2. The van der Waals surface area contributed by atoms with Crippen LogP contribution in [-0.2, 0) is 9.53 Å². The monoisotopic (exact) mass is 389 g/mol. The molecule has 29 heavy (non-hydrogen) atoms. The predicted octanol–water partition coefficient (Wildman–Crippen LogP) is 5.33. The molecule has 4 aliphatic rings. The van der Waals surface area contributed by atoms with Gasteiger partial charge in [-0.3, -0.25) is 4.79 Å². The number of nitrogens with one attached hydrogen (secondary N) is 1. The molecule has 1 aromatic rings. The van der Waals surface area contributed by atoms with Crippen molar-refractivity contribution in [2.75, 3.05) is 0 Å². The van der Waals surface area contributed by atoms with Crippen LogP contribution in [0.4, 0.5) is 0 Å². The van der Waals surface area contributed by atoms with E-state index < -0.39 is 0 Å². The van der Waals surface area contributed by atoms with Gasteiger partial charge in [0.1, 0.15) is 6.10 Å². The lowest BCUT2D eigenvalue weighted by atomic mass is 9.57. The lowest BCUT2D eigenvalue weighted by molar-refractivity contribution is -0.144. The highest BCUT2D eigenvalue weighted by atomic mass is 16.6. The predicted molar refractivity (Wildman–Crippen MR) is 115 cm³/mol. The van der Waals surface area contributed by atoms with Crippen LogP contribution in [0, 0.1) is 29.6 Å². The van der Waals surface area contributed by atoms with E-state index in [1.165, 1.54) is 31.2 Å². The standard InChI is InChI=1S/C26H31NO2/c1-17-25-22(21-12-6-5-10-19(21)16-23(25)26(28)29-17)15-14-20-11-7-13-24(27-20)18-8-3-2-4-9-18/h2-4,7-9,11,13-15,17,19,21-25,27H,5-6,10,12,16H2,1H3/b15-14+/t17-,19?,21-,22+,23-,24?,25?/m0/s1. The third kappa shape index (κ3) is 3.56. The number of fused-ring (bicyclic) bond motifs is 2. The zero-order chi connectivity index (χ0) is 19.8. The van der Waals surface area contributed by atoms with Crippen LogP contribution in [0.15, 0.2) is 66.4 Å². The van der Waals surface area contributed by atoms with Gasteiger partial charge in [-0.15, -0.1) is 0 Å². The van der Waals surface area contributed by atoms with Crippen LogP contribution < -0.4 is 5.32 Å². The van der Waals surface area contributed by atoms with Crippen molar-refractivity contribution in [2.45, 2.75) is 51.2 Å². The Morgan fingerprint density at radius 2 is 1.97 bits per heavy atom. The molecule has 0 aromatic heterocycles. The van der Waals surface area contributed by atoms with Crippen LogP contribution >= 0.6 is 0 Å². The summed E-state index contributed by atoms with van der Waals surface area (Å²) in [4.78, 5) is 12.5. The van der Waals surface area contributed by atoms with Crippen molar-refractivity contribution in [3.63, 3.8) is 0 Å². The summed E-state index contributed by atoms with van der Waals surface area (Å²) in [6.45, 7) is 2.10. The number of hydrogen-bond donors (Lipinski definition) is 1. The average molecular weight is 390 g/mol. The van der Waals surface area contributed by atoms with Gasteiger partial charge < -0.3 is 10.1 Å². The highest BCUT2D eigenvalue weighted by Crippen LogP contribution is 2.53. The molecule has 3 nitrogen and oxygen atoms in total. The molecule has 0 spiro atoms. The highest BCUT2D eigenvalue weighted by molar-refractivity contribution is 5.75. The number of rotatable bonds is 3. The average Bonchev–Trinajstić information content (AvgIpc) is 3.05. The van der Waals surface area contributed by atoms with Crippen LogP contribution in [0.2, 0.25) is 0 Å². The van der Waals surface area contributed by atoms with Gasteiger partial charge in [-0.25, -0.2) is 0 Å². The molecule has 3 unspecified atom stereocenters. The first kappa shape index (κ1) is 18.7. The Bertz CT molecular complexity index is 840. The maximum atomic E-state index is 12.5. The Kier molecular flexibility index (Phi) is 5.07. The van der Waals surface area contributed by atoms with E-state index in [0.29, 0.717) is 23.7 Å². The fourth-order valence-electron chi connectivity index (χ4n) is 6.31. The fourth-order valence-corrected chi connectivity index (χ4v) is 6.31. The normalized spacial score (nSPS) is 38.7. The molecule has 3 heteroatoms. The molecule has 2 aliphatic carbocycles. The number of benzene rings is 1. The van der Waals surface area contributed by atoms with Crippen LogP contribution in [-0.4, -0.2) is 12.1 Å². The Morgan fingerprint density at radius 1 is 1.14 bits per heavy atom. The zero-order valence-electron chi connectivity index (χ0n) is 17.2. The number of carbonyl (C=O) groups excluding carboxylic acids is 1. The van der Waals surface area contributed by atoms with Gasteiger partial charge in [0, 0.05) is 11.6 Å². The summed E-state index contributed by atoms with van der Waals surface area (Å²) < 4.78 is 5.70. The van der Waals surface area contributed by atoms with Crippen molar-refractivity contribution >= 4 is 5.97 Å². The van der Waals surface area contributed by atoms with Crippen LogP contribution in [0.1, 0.15) is 50.6 Å². The maximum Gasteiger partial charge on any atom is 0.309 e. The maximum absolute atomic E-state index is 12.5. The molecule has 1 saturated heterocycles. The number of allylic oxidation sites excluding steroid dienone is 4. The van der Waals surface area contributed by atoms with Crippen molar-refractivity contribution in [3.8, 4) is 0 Å². The summed E-state index contributed by atoms with van der Waals surface area (Å²) in [6.07, 6.45) is 17.4. The first-order valence-electron chi connectivity index (χ1n) is 11.3. The lowest BCUT2D eigenvalue weighted by Crippen LogP contribution is -2.42. The summed E-state index contributed by atoms with van der Waals surface area (Å²) in [6, 6.07) is 10.8. The number of hydrogen-bond acceptors (Lipinski definition) is 3. The van der Waals surface area contributed by atoms with Crippen molar-refractivity contribution < 1.29 is 9.53 Å². The van der Waals surface area contributed by atoms with Crippen molar-refractivity contribution in [1.29, 1.82) is 0 Å². The van der Waals surface area contributed by atoms with Gasteiger partial charge in [0.15, 0.2) is 0 Å². The van der Waals surface area contributed by atoms with E-state index in [1.807, 2.05) is 0 Å². The van der Waals surface area contributed by atoms with Gasteiger partial charge in [0.2, 0.25) is 0 Å². The van der Waals surface area contributed by atoms with Gasteiger partial charge in [-0.2, -0.15) is 0 Å². The Labute approximate surface area is 173 Å². The zero-order valence-corrected chi connectivity index (χ0v) is 17.2. The summed E-state index contributed by atoms with van der Waals surface area (Å²) >= 11 is 0. The van der Waals surface area contributed by atoms with Gasteiger partial charge in [0.25, 0.3) is 0 Å². The molecule has 0 bridgehead atoms. The summed E-state index contributed by atoms with van der Waals surface area (Å²) in [5.74, 6) is 2.30. The number of cyclic esters (lactones) is 1. The third-order valence-corrected chi connectivity index (χ3v) is 7.63. The van der Waals surface area contributed by atoms with E-state index in [4.69, 9.17) is 4.74 Å². The van der Waals surface area contributed by atoms with E-state index in [0.717, 1.165) is 12.1 Å². The number of esters is 1. The third-order valence-electron chi connectivity index (χ3n) is 7.63. The fraction of sp³-hybridized carbons (Fsp3) is 0.500. The molecule has 2 saturated carbocycles. The summed E-state index contributed by atoms with van der Waals surface area (Å²) in [7, 11) is 0.